The van der Waals surface area contributed by atoms with E-state index in [-0.39, 0.29) is 0 Å². The van der Waals surface area contributed by atoms with E-state index in [4.69, 9.17) is 0 Å². The van der Waals surface area contributed by atoms with Crippen LogP contribution in [0.3, 0.4) is 0 Å². The zero-order valence-corrected chi connectivity index (χ0v) is 16.0. The van der Waals surface area contributed by atoms with Crippen LogP contribution in [0.2, 0.25) is 0 Å². The lowest BCUT2D eigenvalue weighted by molar-refractivity contribution is 0.0306. The van der Waals surface area contributed by atoms with Gasteiger partial charge in [-0.2, -0.15) is 0 Å². The van der Waals surface area contributed by atoms with Crippen molar-refractivity contribution >= 4 is 27.7 Å². The van der Waals surface area contributed by atoms with Gasteiger partial charge in [0.05, 0.1) is 16.2 Å². The lowest BCUT2D eigenvalue weighted by Crippen LogP contribution is -2.60. The minimum Gasteiger partial charge on any atom is -0.386 e. The number of aromatic nitrogens is 2. The number of fused-ring (bicyclic) bond motifs is 1. The van der Waals surface area contributed by atoms with Crippen molar-refractivity contribution in [2.75, 3.05) is 31.1 Å². The standard InChI is InChI=1S/C20H22N4O2S/c1-20(25)12-23(13-20)19-16(18-9-14-5-2-3-6-17(14)22-18)10-15(11-21-19)27(26)24-7-4-8-24/h2-3,5-6,9-11,22,25H,4,7-8,12-13H2,1H3. The molecule has 2 saturated heterocycles. The average Bonchev–Trinajstić information content (AvgIpc) is 3.01. The first-order valence-corrected chi connectivity index (χ1v) is 10.3. The Hall–Kier alpha value is -2.22. The molecule has 2 aliphatic rings. The van der Waals surface area contributed by atoms with E-state index >= 15 is 0 Å². The zero-order valence-electron chi connectivity index (χ0n) is 15.2. The van der Waals surface area contributed by atoms with Gasteiger partial charge >= 0.3 is 0 Å². The number of β-amino-alcohol motifs (C(OH)–C–C–N with tert-alkyl or cyclic N) is 1. The van der Waals surface area contributed by atoms with E-state index in [1.165, 1.54) is 0 Å². The molecule has 2 fully saturated rings. The molecular formula is C20H22N4O2S. The van der Waals surface area contributed by atoms with Gasteiger partial charge in [0.2, 0.25) is 0 Å². The van der Waals surface area contributed by atoms with Crippen LogP contribution < -0.4 is 4.90 Å². The summed E-state index contributed by atoms with van der Waals surface area (Å²) < 4.78 is 14.7. The molecule has 2 aromatic heterocycles. The summed E-state index contributed by atoms with van der Waals surface area (Å²) in [6.07, 6.45) is 2.80. The Morgan fingerprint density at radius 2 is 2.00 bits per heavy atom. The van der Waals surface area contributed by atoms with Gasteiger partial charge in [-0.3, -0.25) is 0 Å². The molecule has 3 aromatic rings. The topological polar surface area (TPSA) is 72.5 Å². The summed E-state index contributed by atoms with van der Waals surface area (Å²) >= 11 is 0. The van der Waals surface area contributed by atoms with Crippen molar-refractivity contribution in [3.63, 3.8) is 0 Å². The van der Waals surface area contributed by atoms with Crippen LogP contribution in [0.25, 0.3) is 22.2 Å². The third-order valence-corrected chi connectivity index (χ3v) is 6.74. The van der Waals surface area contributed by atoms with Crippen molar-refractivity contribution in [1.82, 2.24) is 14.3 Å². The molecule has 4 heterocycles. The van der Waals surface area contributed by atoms with Crippen LogP contribution in [0.1, 0.15) is 13.3 Å². The van der Waals surface area contributed by atoms with Crippen LogP contribution in [0.4, 0.5) is 5.82 Å². The summed E-state index contributed by atoms with van der Waals surface area (Å²) in [7, 11) is -1.17. The number of H-pyrrole nitrogens is 1. The van der Waals surface area contributed by atoms with Crippen molar-refractivity contribution in [3.05, 3.63) is 42.6 Å². The quantitative estimate of drug-likeness (QED) is 0.727. The SMILES string of the molecule is CC1(O)CN(c2ncc(S(=O)N3CCC3)cc2-c2cc3ccccc3[nH]2)C1. The van der Waals surface area contributed by atoms with Crippen LogP contribution >= 0.6 is 0 Å². The minimum atomic E-state index is -1.17. The van der Waals surface area contributed by atoms with Crippen molar-refractivity contribution in [3.8, 4) is 11.3 Å². The maximum Gasteiger partial charge on any atom is 0.138 e. The number of hydrogen-bond donors (Lipinski definition) is 2. The maximum atomic E-state index is 12.8. The van der Waals surface area contributed by atoms with E-state index in [0.717, 1.165) is 52.4 Å². The fourth-order valence-corrected chi connectivity index (χ4v) is 4.98. The Balaban J connectivity index is 1.59. The van der Waals surface area contributed by atoms with Gasteiger partial charge in [-0.15, -0.1) is 0 Å². The second-order valence-electron chi connectivity index (χ2n) is 7.70. The van der Waals surface area contributed by atoms with E-state index in [1.54, 1.807) is 6.20 Å². The van der Waals surface area contributed by atoms with E-state index in [0.29, 0.717) is 13.1 Å². The molecule has 1 unspecified atom stereocenters. The number of rotatable bonds is 4. The van der Waals surface area contributed by atoms with E-state index in [1.807, 2.05) is 35.5 Å². The van der Waals surface area contributed by atoms with Gasteiger partial charge in [0.25, 0.3) is 0 Å². The number of benzene rings is 1. The molecule has 6 nitrogen and oxygen atoms in total. The molecule has 140 valence electrons. The highest BCUT2D eigenvalue weighted by atomic mass is 32.2. The number of nitrogens with one attached hydrogen (secondary N) is 1. The molecule has 0 aliphatic carbocycles. The van der Waals surface area contributed by atoms with Crippen molar-refractivity contribution in [2.24, 2.45) is 0 Å². The van der Waals surface area contributed by atoms with E-state index in [2.05, 4.69) is 27.0 Å². The summed E-state index contributed by atoms with van der Waals surface area (Å²) in [5.74, 6) is 0.817. The zero-order chi connectivity index (χ0) is 18.6. The first-order chi connectivity index (χ1) is 13.0. The average molecular weight is 382 g/mol. The Labute approximate surface area is 160 Å². The third-order valence-electron chi connectivity index (χ3n) is 5.28. The minimum absolute atomic E-state index is 0.543. The van der Waals surface area contributed by atoms with Crippen LogP contribution in [0, 0.1) is 0 Å². The smallest absolute Gasteiger partial charge is 0.138 e. The van der Waals surface area contributed by atoms with Gasteiger partial charge < -0.3 is 15.0 Å². The fraction of sp³-hybridized carbons (Fsp3) is 0.350. The predicted molar refractivity (Wildman–Crippen MR) is 107 cm³/mol. The molecule has 0 bridgehead atoms. The lowest BCUT2D eigenvalue weighted by atomic mass is 9.96. The predicted octanol–water partition coefficient (Wildman–Crippen LogP) is 2.53. The molecule has 2 aliphatic heterocycles. The molecule has 5 rings (SSSR count). The Kier molecular flexibility index (Phi) is 3.86. The Morgan fingerprint density at radius 3 is 2.67 bits per heavy atom. The van der Waals surface area contributed by atoms with Crippen molar-refractivity contribution in [1.29, 1.82) is 0 Å². The number of pyridine rings is 1. The molecule has 0 amide bonds. The molecule has 7 heteroatoms. The number of hydrogen-bond acceptors (Lipinski definition) is 4. The van der Waals surface area contributed by atoms with E-state index < -0.39 is 16.6 Å². The monoisotopic (exact) mass is 382 g/mol. The Morgan fingerprint density at radius 1 is 1.22 bits per heavy atom. The van der Waals surface area contributed by atoms with Gasteiger partial charge in [0.15, 0.2) is 0 Å². The van der Waals surface area contributed by atoms with Gasteiger partial charge in [-0.1, -0.05) is 18.2 Å². The third kappa shape index (κ3) is 2.96. The van der Waals surface area contributed by atoms with Crippen molar-refractivity contribution < 1.29 is 9.32 Å². The second-order valence-corrected chi connectivity index (χ2v) is 9.18. The van der Waals surface area contributed by atoms with Gasteiger partial charge in [0.1, 0.15) is 16.8 Å². The van der Waals surface area contributed by atoms with E-state index in [9.17, 15) is 9.32 Å². The Bertz CT molecular complexity index is 1000. The first-order valence-electron chi connectivity index (χ1n) is 9.23. The fourth-order valence-electron chi connectivity index (χ4n) is 3.73. The highest BCUT2D eigenvalue weighted by Crippen LogP contribution is 2.36. The van der Waals surface area contributed by atoms with Crippen LogP contribution in [0.5, 0.6) is 0 Å². The molecule has 0 saturated carbocycles. The summed E-state index contributed by atoms with van der Waals surface area (Å²) in [5, 5.41) is 11.3. The molecule has 1 atom stereocenters. The normalized spacial score (nSPS) is 20.3. The number of aromatic amines is 1. The largest absolute Gasteiger partial charge is 0.386 e. The number of anilines is 1. The van der Waals surface area contributed by atoms with Gasteiger partial charge in [-0.05, 0) is 31.5 Å². The highest BCUT2D eigenvalue weighted by Gasteiger charge is 2.38. The highest BCUT2D eigenvalue weighted by molar-refractivity contribution is 7.82. The van der Waals surface area contributed by atoms with Gasteiger partial charge in [0, 0.05) is 48.8 Å². The maximum absolute atomic E-state index is 12.8. The summed E-state index contributed by atoms with van der Waals surface area (Å²) in [4.78, 5) is 10.9. The second kappa shape index (κ2) is 6.15. The summed E-state index contributed by atoms with van der Waals surface area (Å²) in [6.45, 7) is 4.65. The van der Waals surface area contributed by atoms with Crippen LogP contribution in [-0.2, 0) is 11.0 Å². The summed E-state index contributed by atoms with van der Waals surface area (Å²) in [5.41, 5.74) is 2.25. The molecule has 1 aromatic carbocycles. The molecule has 0 spiro atoms. The number of aliphatic hydroxyl groups is 1. The molecule has 27 heavy (non-hydrogen) atoms. The summed E-state index contributed by atoms with van der Waals surface area (Å²) in [6, 6.07) is 12.2. The molecular weight excluding hydrogens is 360 g/mol. The lowest BCUT2D eigenvalue weighted by Gasteiger charge is -2.45. The van der Waals surface area contributed by atoms with Crippen LogP contribution in [-0.4, -0.2) is 55.4 Å². The van der Waals surface area contributed by atoms with Crippen LogP contribution in [0.15, 0.2) is 47.5 Å². The first kappa shape index (κ1) is 16.9. The molecule has 2 N–H and O–H groups in total. The van der Waals surface area contributed by atoms with Crippen molar-refractivity contribution in [2.45, 2.75) is 23.8 Å². The number of nitrogens with zero attached hydrogens (tertiary/aromatic N) is 3. The molecule has 0 radical (unpaired) electrons. The number of para-hydroxylation sites is 1. The van der Waals surface area contributed by atoms with Gasteiger partial charge in [-0.25, -0.2) is 13.5 Å².